The molecular weight excluding hydrogens is 238 g/mol. The molecule has 5 heteroatoms. The minimum Gasteiger partial charge on any atom is -0.490 e. The maximum Gasteiger partial charge on any atom is 0.200 e. The van der Waals surface area contributed by atoms with Crippen molar-refractivity contribution in [2.24, 2.45) is 5.73 Å². The van der Waals surface area contributed by atoms with Gasteiger partial charge >= 0.3 is 0 Å². The first-order valence-corrected chi connectivity index (χ1v) is 5.79. The molecule has 0 aromatic heterocycles. The number of rotatable bonds is 6. The third-order valence-electron chi connectivity index (χ3n) is 2.79. The fraction of sp³-hybridized carbons (Fsp3) is 0.462. The Labute approximate surface area is 105 Å². The van der Waals surface area contributed by atoms with Crippen LogP contribution in [-0.2, 0) is 0 Å². The van der Waals surface area contributed by atoms with Crippen LogP contribution in [-0.4, -0.2) is 12.1 Å². The van der Waals surface area contributed by atoms with E-state index in [0.717, 1.165) is 6.07 Å². The van der Waals surface area contributed by atoms with Crippen molar-refractivity contribution in [1.82, 2.24) is 0 Å². The third kappa shape index (κ3) is 3.67. The maximum absolute atomic E-state index is 13.2. The molecule has 3 nitrogen and oxygen atoms in total. The monoisotopic (exact) mass is 254 g/mol. The second kappa shape index (κ2) is 6.31. The van der Waals surface area contributed by atoms with Gasteiger partial charge < -0.3 is 10.5 Å². The number of nitrogens with two attached hydrogens (primary N) is 1. The summed E-state index contributed by atoms with van der Waals surface area (Å²) in [5.41, 5.74) is 4.91. The van der Waals surface area contributed by atoms with Gasteiger partial charge in [-0.2, -0.15) is 9.65 Å². The topological polar surface area (TPSA) is 59.0 Å². The van der Waals surface area contributed by atoms with Crippen molar-refractivity contribution in [2.45, 2.75) is 31.7 Å². The Morgan fingerprint density at radius 2 is 2.17 bits per heavy atom. The van der Waals surface area contributed by atoms with E-state index in [2.05, 4.69) is 0 Å². The number of nitriles is 1. The van der Waals surface area contributed by atoms with Crippen LogP contribution in [0.15, 0.2) is 18.2 Å². The van der Waals surface area contributed by atoms with Crippen molar-refractivity contribution in [1.29, 1.82) is 5.26 Å². The summed E-state index contributed by atoms with van der Waals surface area (Å²) in [5, 5.41) is 8.86. The Morgan fingerprint density at radius 3 is 2.78 bits per heavy atom. The molecule has 0 bridgehead atoms. The van der Waals surface area contributed by atoms with Crippen molar-refractivity contribution in [3.8, 4) is 11.8 Å². The fourth-order valence-electron chi connectivity index (χ4n) is 1.48. The van der Waals surface area contributed by atoms with Crippen LogP contribution >= 0.6 is 0 Å². The summed E-state index contributed by atoms with van der Waals surface area (Å²) in [6, 6.07) is 5.80. The quantitative estimate of drug-likeness (QED) is 0.794. The lowest BCUT2D eigenvalue weighted by Crippen LogP contribution is -2.37. The Kier molecular flexibility index (Phi) is 5.05. The van der Waals surface area contributed by atoms with Gasteiger partial charge in [0.15, 0.2) is 11.6 Å². The van der Waals surface area contributed by atoms with Gasteiger partial charge in [-0.15, -0.1) is 0 Å². The van der Waals surface area contributed by atoms with E-state index < -0.39 is 17.2 Å². The Morgan fingerprint density at radius 1 is 1.44 bits per heavy atom. The van der Waals surface area contributed by atoms with Crippen molar-refractivity contribution in [3.63, 3.8) is 0 Å². The van der Waals surface area contributed by atoms with Gasteiger partial charge in [-0.1, -0.05) is 13.0 Å². The van der Waals surface area contributed by atoms with E-state index in [-0.39, 0.29) is 12.4 Å². The number of ether oxygens (including phenoxy) is 1. The van der Waals surface area contributed by atoms with Gasteiger partial charge in [0.25, 0.3) is 0 Å². The highest BCUT2D eigenvalue weighted by atomic mass is 19.2. The van der Waals surface area contributed by atoms with E-state index in [1.54, 1.807) is 0 Å². The van der Waals surface area contributed by atoms with Gasteiger partial charge in [0.1, 0.15) is 5.54 Å². The predicted molar refractivity (Wildman–Crippen MR) is 63.9 cm³/mol. The number of benzene rings is 1. The first-order valence-electron chi connectivity index (χ1n) is 5.79. The van der Waals surface area contributed by atoms with Gasteiger partial charge in [-0.25, -0.2) is 4.39 Å². The van der Waals surface area contributed by atoms with E-state index in [1.807, 2.05) is 13.0 Å². The molecule has 18 heavy (non-hydrogen) atoms. The fourth-order valence-corrected chi connectivity index (χ4v) is 1.48. The molecule has 1 aromatic carbocycles. The van der Waals surface area contributed by atoms with Crippen LogP contribution < -0.4 is 10.5 Å². The molecule has 0 amide bonds. The standard InChI is InChI=1S/C13H16F2N2O/c1-2-13(17,9-16)7-4-8-18-11-6-3-5-10(14)12(11)15/h3,5-6H,2,4,7-8,17H2,1H3. The predicted octanol–water partition coefficient (Wildman–Crippen LogP) is 2.75. The Hall–Kier alpha value is -1.67. The van der Waals surface area contributed by atoms with E-state index in [9.17, 15) is 8.78 Å². The average Bonchev–Trinajstić information content (AvgIpc) is 2.39. The maximum atomic E-state index is 13.2. The van der Waals surface area contributed by atoms with E-state index >= 15 is 0 Å². The van der Waals surface area contributed by atoms with E-state index in [0.29, 0.717) is 19.3 Å². The average molecular weight is 254 g/mol. The Bertz CT molecular complexity index is 445. The second-order valence-corrected chi connectivity index (χ2v) is 4.13. The van der Waals surface area contributed by atoms with Crippen molar-refractivity contribution < 1.29 is 13.5 Å². The van der Waals surface area contributed by atoms with Crippen LogP contribution in [0.2, 0.25) is 0 Å². The molecule has 0 aliphatic rings. The van der Waals surface area contributed by atoms with Crippen LogP contribution in [0, 0.1) is 23.0 Å². The van der Waals surface area contributed by atoms with Crippen molar-refractivity contribution >= 4 is 0 Å². The smallest absolute Gasteiger partial charge is 0.200 e. The van der Waals surface area contributed by atoms with Crippen molar-refractivity contribution in [2.75, 3.05) is 6.61 Å². The van der Waals surface area contributed by atoms with E-state index in [1.165, 1.54) is 12.1 Å². The lowest BCUT2D eigenvalue weighted by atomic mass is 9.94. The molecule has 1 aromatic rings. The summed E-state index contributed by atoms with van der Waals surface area (Å²) in [6.07, 6.45) is 1.50. The molecular formula is C13H16F2N2O. The zero-order valence-electron chi connectivity index (χ0n) is 10.2. The molecule has 0 saturated heterocycles. The highest BCUT2D eigenvalue weighted by molar-refractivity contribution is 5.24. The Balaban J connectivity index is 2.44. The summed E-state index contributed by atoms with van der Waals surface area (Å²) < 4.78 is 31.2. The molecule has 1 atom stereocenters. The highest BCUT2D eigenvalue weighted by Crippen LogP contribution is 2.20. The number of hydrogen-bond acceptors (Lipinski definition) is 3. The largest absolute Gasteiger partial charge is 0.490 e. The molecule has 0 aliphatic heterocycles. The van der Waals surface area contributed by atoms with Gasteiger partial charge in [-0.05, 0) is 31.4 Å². The first kappa shape index (κ1) is 14.4. The summed E-state index contributed by atoms with van der Waals surface area (Å²) >= 11 is 0. The zero-order valence-corrected chi connectivity index (χ0v) is 10.2. The first-order chi connectivity index (χ1) is 8.52. The molecule has 1 unspecified atom stereocenters. The molecule has 0 spiro atoms. The van der Waals surface area contributed by atoms with Crippen LogP contribution in [0.5, 0.6) is 5.75 Å². The third-order valence-corrected chi connectivity index (χ3v) is 2.79. The highest BCUT2D eigenvalue weighted by Gasteiger charge is 2.21. The molecule has 0 radical (unpaired) electrons. The van der Waals surface area contributed by atoms with Gasteiger partial charge in [0.2, 0.25) is 5.82 Å². The number of halogens is 2. The summed E-state index contributed by atoms with van der Waals surface area (Å²) in [5.74, 6) is -2.05. The number of nitrogens with zero attached hydrogens (tertiary/aromatic N) is 1. The molecule has 0 aliphatic carbocycles. The zero-order chi connectivity index (χ0) is 13.6. The summed E-state index contributed by atoms with van der Waals surface area (Å²) in [4.78, 5) is 0. The summed E-state index contributed by atoms with van der Waals surface area (Å²) in [7, 11) is 0. The second-order valence-electron chi connectivity index (χ2n) is 4.13. The van der Waals surface area contributed by atoms with Crippen LogP contribution in [0.25, 0.3) is 0 Å². The van der Waals surface area contributed by atoms with Crippen LogP contribution in [0.4, 0.5) is 8.78 Å². The summed E-state index contributed by atoms with van der Waals surface area (Å²) in [6.45, 7) is 2.03. The molecule has 0 heterocycles. The minimum absolute atomic E-state index is 0.119. The molecule has 1 rings (SSSR count). The molecule has 0 fully saturated rings. The SMILES string of the molecule is CCC(N)(C#N)CCCOc1cccc(F)c1F. The molecule has 0 saturated carbocycles. The number of hydrogen-bond donors (Lipinski definition) is 1. The van der Waals surface area contributed by atoms with Crippen LogP contribution in [0.1, 0.15) is 26.2 Å². The van der Waals surface area contributed by atoms with Gasteiger partial charge in [-0.3, -0.25) is 0 Å². The normalized spacial score (nSPS) is 13.7. The minimum atomic E-state index is -0.993. The van der Waals surface area contributed by atoms with Crippen molar-refractivity contribution in [3.05, 3.63) is 29.8 Å². The lowest BCUT2D eigenvalue weighted by molar-refractivity contribution is 0.275. The van der Waals surface area contributed by atoms with Gasteiger partial charge in [0.05, 0.1) is 12.7 Å². The van der Waals surface area contributed by atoms with E-state index in [4.69, 9.17) is 15.7 Å². The van der Waals surface area contributed by atoms with Gasteiger partial charge in [0, 0.05) is 0 Å². The molecule has 2 N–H and O–H groups in total. The lowest BCUT2D eigenvalue weighted by Gasteiger charge is -2.19. The molecule has 98 valence electrons. The van der Waals surface area contributed by atoms with Crippen LogP contribution in [0.3, 0.4) is 0 Å².